The summed E-state index contributed by atoms with van der Waals surface area (Å²) in [6, 6.07) is 7.82. The molecule has 114 valence electrons. The van der Waals surface area contributed by atoms with Crippen LogP contribution in [-0.2, 0) is 13.6 Å². The average molecular weight is 289 g/mol. The number of aryl methyl sites for hydroxylation is 2. The molecular weight excluding hydrogens is 266 g/mol. The summed E-state index contributed by atoms with van der Waals surface area (Å²) in [5.74, 6) is 0.825. The average Bonchev–Trinajstić information content (AvgIpc) is 2.83. The third-order valence-corrected chi connectivity index (χ3v) is 3.26. The Morgan fingerprint density at radius 2 is 2.14 bits per heavy atom. The van der Waals surface area contributed by atoms with Gasteiger partial charge in [0, 0.05) is 31.9 Å². The molecular formula is C16H23N3O2. The van der Waals surface area contributed by atoms with E-state index < -0.39 is 6.10 Å². The number of aliphatic hydroxyl groups excluding tert-OH is 1. The van der Waals surface area contributed by atoms with Crippen molar-refractivity contribution in [3.05, 3.63) is 47.8 Å². The highest BCUT2D eigenvalue weighted by atomic mass is 16.5. The van der Waals surface area contributed by atoms with Gasteiger partial charge in [0.1, 0.15) is 18.5 Å². The van der Waals surface area contributed by atoms with Crippen molar-refractivity contribution in [2.45, 2.75) is 19.6 Å². The van der Waals surface area contributed by atoms with E-state index in [2.05, 4.69) is 10.00 Å². The minimum Gasteiger partial charge on any atom is -0.491 e. The van der Waals surface area contributed by atoms with E-state index in [4.69, 9.17) is 4.74 Å². The molecule has 0 radical (unpaired) electrons. The molecule has 1 unspecified atom stereocenters. The Balaban J connectivity index is 1.76. The van der Waals surface area contributed by atoms with E-state index in [0.717, 1.165) is 23.4 Å². The fourth-order valence-electron chi connectivity index (χ4n) is 2.25. The maximum absolute atomic E-state index is 10.1. The summed E-state index contributed by atoms with van der Waals surface area (Å²) in [5.41, 5.74) is 2.21. The predicted octanol–water partition coefficient (Wildman–Crippen LogP) is 1.60. The molecule has 1 heterocycles. The number of hydrogen-bond acceptors (Lipinski definition) is 4. The van der Waals surface area contributed by atoms with Crippen LogP contribution in [0.3, 0.4) is 0 Å². The van der Waals surface area contributed by atoms with Crippen LogP contribution in [0.4, 0.5) is 0 Å². The van der Waals surface area contributed by atoms with Gasteiger partial charge in [-0.25, -0.2) is 0 Å². The molecule has 0 bridgehead atoms. The van der Waals surface area contributed by atoms with Crippen molar-refractivity contribution >= 4 is 0 Å². The smallest absolute Gasteiger partial charge is 0.122 e. The fourth-order valence-corrected chi connectivity index (χ4v) is 2.25. The number of benzene rings is 1. The first-order chi connectivity index (χ1) is 10.0. The molecule has 2 aromatic rings. The first kappa shape index (κ1) is 15.5. The Morgan fingerprint density at radius 3 is 2.81 bits per heavy atom. The zero-order valence-corrected chi connectivity index (χ0v) is 12.9. The van der Waals surface area contributed by atoms with Gasteiger partial charge >= 0.3 is 0 Å². The van der Waals surface area contributed by atoms with Crippen LogP contribution in [0, 0.1) is 6.92 Å². The van der Waals surface area contributed by atoms with Gasteiger partial charge in [0.2, 0.25) is 0 Å². The second-order valence-electron chi connectivity index (χ2n) is 5.45. The van der Waals surface area contributed by atoms with Gasteiger partial charge in [0.05, 0.1) is 6.20 Å². The van der Waals surface area contributed by atoms with Gasteiger partial charge in [0.25, 0.3) is 0 Å². The third-order valence-electron chi connectivity index (χ3n) is 3.26. The molecule has 0 saturated carbocycles. The summed E-state index contributed by atoms with van der Waals surface area (Å²) in [7, 11) is 3.87. The Bertz CT molecular complexity index is 568. The lowest BCUT2D eigenvalue weighted by molar-refractivity contribution is 0.0741. The third kappa shape index (κ3) is 4.88. The Labute approximate surface area is 125 Å². The number of likely N-dealkylation sites (N-methyl/N-ethyl adjacent to an activating group) is 1. The van der Waals surface area contributed by atoms with Crippen LogP contribution in [0.15, 0.2) is 36.7 Å². The van der Waals surface area contributed by atoms with Gasteiger partial charge in [-0.1, -0.05) is 18.2 Å². The second-order valence-corrected chi connectivity index (χ2v) is 5.45. The van der Waals surface area contributed by atoms with E-state index in [1.165, 1.54) is 0 Å². The quantitative estimate of drug-likeness (QED) is 0.841. The number of hydrogen-bond donors (Lipinski definition) is 1. The lowest BCUT2D eigenvalue weighted by Crippen LogP contribution is -2.32. The van der Waals surface area contributed by atoms with Crippen molar-refractivity contribution in [3.63, 3.8) is 0 Å². The zero-order chi connectivity index (χ0) is 15.2. The van der Waals surface area contributed by atoms with E-state index in [9.17, 15) is 5.11 Å². The van der Waals surface area contributed by atoms with Gasteiger partial charge in [-0.3, -0.25) is 9.58 Å². The van der Waals surface area contributed by atoms with Crippen molar-refractivity contribution in [2.24, 2.45) is 7.05 Å². The number of aromatic nitrogens is 2. The molecule has 0 aliphatic rings. The Morgan fingerprint density at radius 1 is 1.38 bits per heavy atom. The van der Waals surface area contributed by atoms with Crippen LogP contribution in [0.2, 0.25) is 0 Å². The minimum absolute atomic E-state index is 0.294. The van der Waals surface area contributed by atoms with Crippen LogP contribution in [-0.4, -0.2) is 46.1 Å². The molecule has 5 heteroatoms. The molecule has 1 atom stereocenters. The van der Waals surface area contributed by atoms with Gasteiger partial charge in [0.15, 0.2) is 0 Å². The standard InChI is InChI=1S/C16H23N3O2/c1-13-6-4-5-7-16(13)21-12-15(20)11-18(2)9-14-8-17-19(3)10-14/h4-8,10,15,20H,9,11-12H2,1-3H3. The molecule has 1 aromatic carbocycles. The maximum Gasteiger partial charge on any atom is 0.122 e. The van der Waals surface area contributed by atoms with E-state index in [-0.39, 0.29) is 0 Å². The Hall–Kier alpha value is -1.85. The van der Waals surface area contributed by atoms with Crippen molar-refractivity contribution < 1.29 is 9.84 Å². The van der Waals surface area contributed by atoms with Gasteiger partial charge in [-0.2, -0.15) is 5.10 Å². The minimum atomic E-state index is -0.522. The lowest BCUT2D eigenvalue weighted by Gasteiger charge is -2.20. The molecule has 0 spiro atoms. The molecule has 2 rings (SSSR count). The number of aliphatic hydroxyl groups is 1. The molecule has 0 aliphatic carbocycles. The topological polar surface area (TPSA) is 50.5 Å². The summed E-state index contributed by atoms with van der Waals surface area (Å²) >= 11 is 0. The van der Waals surface area contributed by atoms with Crippen LogP contribution >= 0.6 is 0 Å². The van der Waals surface area contributed by atoms with Gasteiger partial charge in [-0.05, 0) is 25.6 Å². The van der Waals surface area contributed by atoms with Crippen molar-refractivity contribution in [2.75, 3.05) is 20.2 Å². The van der Waals surface area contributed by atoms with E-state index in [1.54, 1.807) is 4.68 Å². The van der Waals surface area contributed by atoms with Gasteiger partial charge in [-0.15, -0.1) is 0 Å². The van der Waals surface area contributed by atoms with Gasteiger partial charge < -0.3 is 9.84 Å². The lowest BCUT2D eigenvalue weighted by atomic mass is 10.2. The van der Waals surface area contributed by atoms with E-state index in [1.807, 2.05) is 57.7 Å². The number of rotatable bonds is 7. The highest BCUT2D eigenvalue weighted by molar-refractivity contribution is 5.31. The van der Waals surface area contributed by atoms with Crippen molar-refractivity contribution in [3.8, 4) is 5.75 Å². The SMILES string of the molecule is Cc1ccccc1OCC(O)CN(C)Cc1cnn(C)c1. The van der Waals surface area contributed by atoms with E-state index >= 15 is 0 Å². The predicted molar refractivity (Wildman–Crippen MR) is 82.2 cm³/mol. The molecule has 5 nitrogen and oxygen atoms in total. The monoisotopic (exact) mass is 289 g/mol. The number of ether oxygens (including phenoxy) is 1. The molecule has 0 saturated heterocycles. The second kappa shape index (κ2) is 7.24. The van der Waals surface area contributed by atoms with Crippen LogP contribution in [0.5, 0.6) is 5.75 Å². The highest BCUT2D eigenvalue weighted by Crippen LogP contribution is 2.16. The molecule has 21 heavy (non-hydrogen) atoms. The molecule has 1 N–H and O–H groups in total. The summed E-state index contributed by atoms with van der Waals surface area (Å²) in [6.07, 6.45) is 3.30. The highest BCUT2D eigenvalue weighted by Gasteiger charge is 2.11. The van der Waals surface area contributed by atoms with Crippen LogP contribution in [0.25, 0.3) is 0 Å². The van der Waals surface area contributed by atoms with Crippen molar-refractivity contribution in [1.29, 1.82) is 0 Å². The normalized spacial score (nSPS) is 12.6. The maximum atomic E-state index is 10.1. The first-order valence-electron chi connectivity index (χ1n) is 7.07. The van der Waals surface area contributed by atoms with E-state index in [0.29, 0.717) is 13.2 Å². The van der Waals surface area contributed by atoms with Crippen LogP contribution < -0.4 is 4.74 Å². The molecule has 1 aromatic heterocycles. The molecule has 0 amide bonds. The summed E-state index contributed by atoms with van der Waals surface area (Å²) in [5, 5.41) is 14.2. The largest absolute Gasteiger partial charge is 0.491 e. The molecule has 0 fully saturated rings. The summed E-state index contributed by atoms with van der Waals surface area (Å²) < 4.78 is 7.44. The first-order valence-corrected chi connectivity index (χ1v) is 7.07. The molecule has 0 aliphatic heterocycles. The number of para-hydroxylation sites is 1. The zero-order valence-electron chi connectivity index (χ0n) is 12.9. The van der Waals surface area contributed by atoms with Crippen molar-refractivity contribution in [1.82, 2.24) is 14.7 Å². The summed E-state index contributed by atoms with van der Waals surface area (Å²) in [6.45, 7) is 3.61. The Kier molecular flexibility index (Phi) is 5.36. The summed E-state index contributed by atoms with van der Waals surface area (Å²) in [4.78, 5) is 2.06. The fraction of sp³-hybridized carbons (Fsp3) is 0.438. The number of nitrogens with zero attached hydrogens (tertiary/aromatic N) is 3. The van der Waals surface area contributed by atoms with Crippen LogP contribution in [0.1, 0.15) is 11.1 Å².